The van der Waals surface area contributed by atoms with Crippen molar-refractivity contribution in [1.29, 1.82) is 0 Å². The number of hydrogen-bond donors (Lipinski definition) is 1. The number of amides is 1. The highest BCUT2D eigenvalue weighted by Gasteiger charge is 2.02. The number of carbonyl (C=O) groups is 1. The zero-order valence-corrected chi connectivity index (χ0v) is 12.3. The van der Waals surface area contributed by atoms with E-state index < -0.39 is 0 Å². The molecule has 0 aliphatic rings. The van der Waals surface area contributed by atoms with Gasteiger partial charge in [0.25, 0.3) is 0 Å². The first-order valence-electron chi connectivity index (χ1n) is 6.31. The topological polar surface area (TPSA) is 29.1 Å². The van der Waals surface area contributed by atoms with Crippen molar-refractivity contribution in [3.63, 3.8) is 0 Å². The van der Waals surface area contributed by atoms with Gasteiger partial charge in [0.15, 0.2) is 0 Å². The Kier molecular flexibility index (Phi) is 5.98. The maximum atomic E-state index is 11.6. The molecule has 0 radical (unpaired) electrons. The summed E-state index contributed by atoms with van der Waals surface area (Å²) in [5, 5.41) is 5.01. The average Bonchev–Trinajstić information content (AvgIpc) is 2.96. The summed E-state index contributed by atoms with van der Waals surface area (Å²) in [6.45, 7) is 0.725. The largest absolute Gasteiger partial charge is 0.355 e. The molecule has 19 heavy (non-hydrogen) atoms. The van der Waals surface area contributed by atoms with E-state index in [0.29, 0.717) is 6.42 Å². The van der Waals surface area contributed by atoms with E-state index in [9.17, 15) is 4.79 Å². The third-order valence-electron chi connectivity index (χ3n) is 2.61. The van der Waals surface area contributed by atoms with Crippen molar-refractivity contribution in [3.05, 3.63) is 52.7 Å². The molecule has 1 aromatic carbocycles. The first kappa shape index (κ1) is 14.2. The predicted octanol–water partition coefficient (Wildman–Crippen LogP) is 3.59. The van der Waals surface area contributed by atoms with Gasteiger partial charge < -0.3 is 5.32 Å². The van der Waals surface area contributed by atoms with Gasteiger partial charge >= 0.3 is 0 Å². The van der Waals surface area contributed by atoms with E-state index in [-0.39, 0.29) is 5.91 Å². The molecule has 0 spiro atoms. The quantitative estimate of drug-likeness (QED) is 0.624. The minimum Gasteiger partial charge on any atom is -0.355 e. The van der Waals surface area contributed by atoms with Crippen molar-refractivity contribution in [1.82, 2.24) is 5.32 Å². The smallest absolute Gasteiger partial charge is 0.220 e. The number of thioether (sulfide) groups is 1. The molecule has 2 nitrogen and oxygen atoms in total. The van der Waals surface area contributed by atoms with E-state index in [1.807, 2.05) is 29.6 Å². The van der Waals surface area contributed by atoms with Gasteiger partial charge in [-0.15, -0.1) is 23.1 Å². The van der Waals surface area contributed by atoms with E-state index in [0.717, 1.165) is 18.7 Å². The summed E-state index contributed by atoms with van der Waals surface area (Å²) in [6.07, 6.45) is 1.42. The van der Waals surface area contributed by atoms with E-state index >= 15 is 0 Å². The number of hydrogen-bond acceptors (Lipinski definition) is 3. The fraction of sp³-hybridized carbons (Fsp3) is 0.267. The summed E-state index contributed by atoms with van der Waals surface area (Å²) in [7, 11) is 0. The highest BCUT2D eigenvalue weighted by molar-refractivity contribution is 7.99. The van der Waals surface area contributed by atoms with Crippen LogP contribution in [0.25, 0.3) is 0 Å². The normalized spacial score (nSPS) is 10.3. The van der Waals surface area contributed by atoms with Gasteiger partial charge in [-0.2, -0.15) is 0 Å². The van der Waals surface area contributed by atoms with Crippen LogP contribution in [-0.2, 0) is 11.2 Å². The molecule has 2 aromatic rings. The van der Waals surface area contributed by atoms with Gasteiger partial charge in [-0.25, -0.2) is 0 Å². The Labute approximate surface area is 122 Å². The number of carbonyl (C=O) groups excluding carboxylic acids is 1. The highest BCUT2D eigenvalue weighted by Crippen LogP contribution is 2.15. The van der Waals surface area contributed by atoms with Gasteiger partial charge in [0.05, 0.1) is 0 Å². The van der Waals surface area contributed by atoms with Gasteiger partial charge in [0.1, 0.15) is 0 Å². The van der Waals surface area contributed by atoms with Crippen LogP contribution in [0, 0.1) is 0 Å². The van der Waals surface area contributed by atoms with Crippen LogP contribution >= 0.6 is 23.1 Å². The first-order chi connectivity index (χ1) is 9.34. The van der Waals surface area contributed by atoms with Crippen molar-refractivity contribution in [2.24, 2.45) is 0 Å². The molecule has 2 rings (SSSR count). The zero-order chi connectivity index (χ0) is 13.3. The van der Waals surface area contributed by atoms with Crippen LogP contribution in [0.2, 0.25) is 0 Å². The Morgan fingerprint density at radius 2 is 2.00 bits per heavy atom. The molecule has 100 valence electrons. The summed E-state index contributed by atoms with van der Waals surface area (Å²) in [5.74, 6) is 1.05. The minimum absolute atomic E-state index is 0.141. The van der Waals surface area contributed by atoms with Crippen molar-refractivity contribution < 1.29 is 4.79 Å². The van der Waals surface area contributed by atoms with E-state index in [1.165, 1.54) is 9.77 Å². The highest BCUT2D eigenvalue weighted by atomic mass is 32.2. The van der Waals surface area contributed by atoms with Crippen LogP contribution in [0.15, 0.2) is 52.7 Å². The summed E-state index contributed by atoms with van der Waals surface area (Å²) >= 11 is 3.47. The van der Waals surface area contributed by atoms with Crippen LogP contribution in [0.3, 0.4) is 0 Å². The molecule has 0 bridgehead atoms. The molecule has 0 aliphatic heterocycles. The lowest BCUT2D eigenvalue weighted by molar-refractivity contribution is -0.120. The van der Waals surface area contributed by atoms with Gasteiger partial charge in [0, 0.05) is 28.5 Å². The number of rotatable bonds is 7. The van der Waals surface area contributed by atoms with Crippen molar-refractivity contribution in [2.45, 2.75) is 17.7 Å². The molecule has 1 aromatic heterocycles. The molecule has 0 saturated carbocycles. The SMILES string of the molecule is O=C(CCc1cccs1)NCCSc1ccccc1. The maximum absolute atomic E-state index is 11.6. The summed E-state index contributed by atoms with van der Waals surface area (Å²) < 4.78 is 0. The third-order valence-corrected chi connectivity index (χ3v) is 4.56. The molecule has 1 N–H and O–H groups in total. The number of aryl methyl sites for hydroxylation is 1. The van der Waals surface area contributed by atoms with Crippen molar-refractivity contribution in [2.75, 3.05) is 12.3 Å². The fourth-order valence-electron chi connectivity index (χ4n) is 1.66. The molecule has 0 unspecified atom stereocenters. The maximum Gasteiger partial charge on any atom is 0.220 e. The first-order valence-corrected chi connectivity index (χ1v) is 8.18. The number of thiophene rings is 1. The Balaban J connectivity index is 1.57. The van der Waals surface area contributed by atoms with E-state index in [4.69, 9.17) is 0 Å². The predicted molar refractivity (Wildman–Crippen MR) is 82.8 cm³/mol. The third kappa shape index (κ3) is 5.49. The second kappa shape index (κ2) is 8.02. The van der Waals surface area contributed by atoms with E-state index in [1.54, 1.807) is 23.1 Å². The van der Waals surface area contributed by atoms with Gasteiger partial charge in [0.2, 0.25) is 5.91 Å². The molecule has 1 heterocycles. The van der Waals surface area contributed by atoms with Crippen LogP contribution < -0.4 is 5.32 Å². The Morgan fingerprint density at radius 1 is 1.16 bits per heavy atom. The Morgan fingerprint density at radius 3 is 2.74 bits per heavy atom. The Hall–Kier alpha value is -1.26. The Bertz CT molecular complexity index is 482. The van der Waals surface area contributed by atoms with Crippen LogP contribution in [0.5, 0.6) is 0 Å². The molecular weight excluding hydrogens is 274 g/mol. The lowest BCUT2D eigenvalue weighted by Gasteiger charge is -2.04. The molecule has 0 aliphatic carbocycles. The minimum atomic E-state index is 0.141. The van der Waals surface area contributed by atoms with Crippen LogP contribution in [-0.4, -0.2) is 18.2 Å². The molecule has 0 fully saturated rings. The lowest BCUT2D eigenvalue weighted by Crippen LogP contribution is -2.25. The number of nitrogens with one attached hydrogen (secondary N) is 1. The number of benzene rings is 1. The van der Waals surface area contributed by atoms with Gasteiger partial charge in [-0.1, -0.05) is 24.3 Å². The van der Waals surface area contributed by atoms with Crippen molar-refractivity contribution in [3.8, 4) is 0 Å². The standard InChI is InChI=1S/C15H17NOS2/c17-15(9-8-14-7-4-11-18-14)16-10-12-19-13-5-2-1-3-6-13/h1-7,11H,8-10,12H2,(H,16,17). The van der Waals surface area contributed by atoms with E-state index in [2.05, 4.69) is 23.5 Å². The molecule has 0 atom stereocenters. The molecule has 4 heteroatoms. The zero-order valence-electron chi connectivity index (χ0n) is 10.7. The average molecular weight is 291 g/mol. The van der Waals surface area contributed by atoms with Crippen LogP contribution in [0.4, 0.5) is 0 Å². The monoisotopic (exact) mass is 291 g/mol. The van der Waals surface area contributed by atoms with Crippen LogP contribution in [0.1, 0.15) is 11.3 Å². The fourth-order valence-corrected chi connectivity index (χ4v) is 3.15. The summed E-state index contributed by atoms with van der Waals surface area (Å²) in [6, 6.07) is 14.3. The van der Waals surface area contributed by atoms with Crippen molar-refractivity contribution >= 4 is 29.0 Å². The molecule has 0 saturated heterocycles. The van der Waals surface area contributed by atoms with Gasteiger partial charge in [-0.05, 0) is 30.0 Å². The summed E-state index contributed by atoms with van der Waals surface area (Å²) in [5.41, 5.74) is 0. The molecule has 1 amide bonds. The van der Waals surface area contributed by atoms with Gasteiger partial charge in [-0.3, -0.25) is 4.79 Å². The lowest BCUT2D eigenvalue weighted by atomic mass is 10.2. The summed E-state index contributed by atoms with van der Waals surface area (Å²) in [4.78, 5) is 14.2. The second-order valence-electron chi connectivity index (χ2n) is 4.09. The molecular formula is C15H17NOS2. The second-order valence-corrected chi connectivity index (χ2v) is 6.29.